The lowest BCUT2D eigenvalue weighted by atomic mass is 10.1. The molecule has 2 atom stereocenters. The highest BCUT2D eigenvalue weighted by atomic mass is 32.1. The predicted octanol–water partition coefficient (Wildman–Crippen LogP) is 1.26. The van der Waals surface area contributed by atoms with Crippen molar-refractivity contribution in [2.24, 2.45) is 0 Å². The summed E-state index contributed by atoms with van der Waals surface area (Å²) >= 11 is 1.46. The van der Waals surface area contributed by atoms with Crippen molar-refractivity contribution in [3.05, 3.63) is 22.4 Å². The Morgan fingerprint density at radius 3 is 3.10 bits per heavy atom. The molecule has 0 radical (unpaired) electrons. The summed E-state index contributed by atoms with van der Waals surface area (Å²) in [6.07, 6.45) is 3.04. The Balaban J connectivity index is 1.53. The van der Waals surface area contributed by atoms with Gasteiger partial charge in [-0.15, -0.1) is 11.3 Å². The number of nitrogens with zero attached hydrogens (tertiary/aromatic N) is 1. The van der Waals surface area contributed by atoms with E-state index in [0.717, 1.165) is 30.9 Å². The number of carbonyl (C=O) groups is 1. The molecule has 2 unspecified atom stereocenters. The van der Waals surface area contributed by atoms with Crippen LogP contribution in [0.25, 0.3) is 0 Å². The van der Waals surface area contributed by atoms with Gasteiger partial charge in [0.25, 0.3) is 5.91 Å². The Bertz CT molecular complexity index is 423. The van der Waals surface area contributed by atoms with Gasteiger partial charge in [-0.2, -0.15) is 0 Å². The maximum absolute atomic E-state index is 11.7. The molecule has 1 saturated heterocycles. The molecule has 1 aliphatic heterocycles. The summed E-state index contributed by atoms with van der Waals surface area (Å²) in [6.45, 7) is 5.17. The number of rotatable bonds is 8. The van der Waals surface area contributed by atoms with Crippen LogP contribution in [0.5, 0.6) is 0 Å². The van der Waals surface area contributed by atoms with Crippen LogP contribution in [0.3, 0.4) is 0 Å². The van der Waals surface area contributed by atoms with Gasteiger partial charge in [0.05, 0.1) is 4.88 Å². The van der Waals surface area contributed by atoms with Crippen LogP contribution in [-0.2, 0) is 0 Å². The van der Waals surface area contributed by atoms with E-state index in [1.165, 1.54) is 24.2 Å². The van der Waals surface area contributed by atoms with Crippen molar-refractivity contribution in [2.75, 3.05) is 26.2 Å². The lowest BCUT2D eigenvalue weighted by Crippen LogP contribution is -2.39. The van der Waals surface area contributed by atoms with E-state index in [0.29, 0.717) is 12.6 Å². The minimum Gasteiger partial charge on any atom is -0.379 e. The number of hydrogen-bond acceptors (Lipinski definition) is 5. The Labute approximate surface area is 130 Å². The summed E-state index contributed by atoms with van der Waals surface area (Å²) in [6, 6.07) is 4.20. The van der Waals surface area contributed by atoms with Gasteiger partial charge in [-0.3, -0.25) is 9.69 Å². The molecule has 1 aromatic heterocycles. The predicted molar refractivity (Wildman–Crippen MR) is 85.5 cm³/mol. The van der Waals surface area contributed by atoms with E-state index in [1.54, 1.807) is 0 Å². The molecule has 1 aromatic rings. The maximum Gasteiger partial charge on any atom is 0.261 e. The third-order valence-electron chi connectivity index (χ3n) is 3.89. The fourth-order valence-electron chi connectivity index (χ4n) is 2.81. The van der Waals surface area contributed by atoms with Crippen LogP contribution in [0.2, 0.25) is 0 Å². The molecule has 21 heavy (non-hydrogen) atoms. The molecule has 0 spiro atoms. The number of likely N-dealkylation sites (tertiary alicyclic amines) is 1. The smallest absolute Gasteiger partial charge is 0.261 e. The molecule has 118 valence electrons. The van der Waals surface area contributed by atoms with Crippen molar-refractivity contribution >= 4 is 17.2 Å². The average molecular weight is 311 g/mol. The molecule has 2 heterocycles. The van der Waals surface area contributed by atoms with E-state index < -0.39 is 0 Å². The van der Waals surface area contributed by atoms with Crippen LogP contribution in [0, 0.1) is 0 Å². The highest BCUT2D eigenvalue weighted by Gasteiger charge is 2.26. The van der Waals surface area contributed by atoms with Crippen LogP contribution in [-0.4, -0.2) is 54.4 Å². The van der Waals surface area contributed by atoms with Crippen molar-refractivity contribution in [2.45, 2.75) is 38.5 Å². The summed E-state index contributed by atoms with van der Waals surface area (Å²) < 4.78 is 0. The average Bonchev–Trinajstić information content (AvgIpc) is 3.12. The summed E-state index contributed by atoms with van der Waals surface area (Å²) in [4.78, 5) is 14.6. The molecular weight excluding hydrogens is 286 g/mol. The first-order chi connectivity index (χ1) is 10.2. The second-order valence-electron chi connectivity index (χ2n) is 5.44. The van der Waals surface area contributed by atoms with E-state index >= 15 is 0 Å². The molecule has 5 nitrogen and oxygen atoms in total. The standard InChI is InChI=1S/C15H25N3O2S/c1-12(19)18-10-2-4-13(18)6-7-16-8-9-17-15(20)14-5-3-11-21-14/h3,5,11-13,16,19H,2,4,6-10H2,1H3,(H,17,20). The lowest BCUT2D eigenvalue weighted by Gasteiger charge is -2.27. The van der Waals surface area contributed by atoms with Gasteiger partial charge in [-0.1, -0.05) is 6.07 Å². The lowest BCUT2D eigenvalue weighted by molar-refractivity contribution is 0.00794. The SMILES string of the molecule is CC(O)N1CCCC1CCNCCNC(=O)c1cccs1. The van der Waals surface area contributed by atoms with Crippen molar-refractivity contribution in [3.8, 4) is 0 Å². The van der Waals surface area contributed by atoms with E-state index in [-0.39, 0.29) is 12.1 Å². The van der Waals surface area contributed by atoms with Gasteiger partial charge in [0.1, 0.15) is 6.23 Å². The molecular formula is C15H25N3O2S. The normalized spacial score (nSPS) is 20.6. The zero-order valence-corrected chi connectivity index (χ0v) is 13.4. The summed E-state index contributed by atoms with van der Waals surface area (Å²) in [5.74, 6) is 0.00266. The molecule has 0 aliphatic carbocycles. The van der Waals surface area contributed by atoms with Crippen LogP contribution >= 0.6 is 11.3 Å². The Hall–Kier alpha value is -0.950. The number of hydrogen-bond donors (Lipinski definition) is 3. The second kappa shape index (κ2) is 8.48. The highest BCUT2D eigenvalue weighted by Crippen LogP contribution is 2.21. The number of aliphatic hydroxyl groups excluding tert-OH is 1. The van der Waals surface area contributed by atoms with E-state index in [2.05, 4.69) is 15.5 Å². The number of nitrogens with one attached hydrogen (secondary N) is 2. The third kappa shape index (κ3) is 5.07. The van der Waals surface area contributed by atoms with Gasteiger partial charge in [-0.25, -0.2) is 0 Å². The third-order valence-corrected chi connectivity index (χ3v) is 4.76. The van der Waals surface area contributed by atoms with E-state index in [4.69, 9.17) is 0 Å². The van der Waals surface area contributed by atoms with Crippen molar-refractivity contribution in [1.82, 2.24) is 15.5 Å². The monoisotopic (exact) mass is 311 g/mol. The van der Waals surface area contributed by atoms with Gasteiger partial charge >= 0.3 is 0 Å². The zero-order chi connectivity index (χ0) is 15.1. The topological polar surface area (TPSA) is 64.6 Å². The number of thiophene rings is 1. The number of carbonyl (C=O) groups excluding carboxylic acids is 1. The Morgan fingerprint density at radius 1 is 1.52 bits per heavy atom. The molecule has 2 rings (SSSR count). The number of amides is 1. The zero-order valence-electron chi connectivity index (χ0n) is 12.5. The van der Waals surface area contributed by atoms with Gasteiger partial charge < -0.3 is 15.7 Å². The largest absolute Gasteiger partial charge is 0.379 e. The molecule has 3 N–H and O–H groups in total. The van der Waals surface area contributed by atoms with Crippen molar-refractivity contribution < 1.29 is 9.90 Å². The Morgan fingerprint density at radius 2 is 2.38 bits per heavy atom. The molecule has 0 bridgehead atoms. The summed E-state index contributed by atoms with van der Waals surface area (Å²) in [7, 11) is 0. The molecule has 6 heteroatoms. The fourth-order valence-corrected chi connectivity index (χ4v) is 3.45. The highest BCUT2D eigenvalue weighted by molar-refractivity contribution is 7.12. The minimum atomic E-state index is -0.345. The quantitative estimate of drug-likeness (QED) is 0.633. The van der Waals surface area contributed by atoms with Gasteiger partial charge in [0, 0.05) is 25.7 Å². The van der Waals surface area contributed by atoms with Crippen LogP contribution in [0.4, 0.5) is 0 Å². The van der Waals surface area contributed by atoms with Crippen LogP contribution in [0.1, 0.15) is 35.9 Å². The van der Waals surface area contributed by atoms with E-state index in [1.807, 2.05) is 24.4 Å². The molecule has 1 aliphatic rings. The Kier molecular flexibility index (Phi) is 6.63. The first kappa shape index (κ1) is 16.4. The summed E-state index contributed by atoms with van der Waals surface area (Å²) in [5, 5.41) is 17.8. The van der Waals surface area contributed by atoms with Crippen LogP contribution in [0.15, 0.2) is 17.5 Å². The van der Waals surface area contributed by atoms with Crippen molar-refractivity contribution in [1.29, 1.82) is 0 Å². The first-order valence-corrected chi connectivity index (χ1v) is 8.52. The van der Waals surface area contributed by atoms with Gasteiger partial charge in [-0.05, 0) is 44.2 Å². The first-order valence-electron chi connectivity index (χ1n) is 7.64. The van der Waals surface area contributed by atoms with Crippen LogP contribution < -0.4 is 10.6 Å². The minimum absolute atomic E-state index is 0.00266. The second-order valence-corrected chi connectivity index (χ2v) is 6.39. The molecule has 1 amide bonds. The van der Waals surface area contributed by atoms with E-state index in [9.17, 15) is 9.90 Å². The fraction of sp³-hybridized carbons (Fsp3) is 0.667. The molecule has 0 saturated carbocycles. The summed E-state index contributed by atoms with van der Waals surface area (Å²) in [5.41, 5.74) is 0. The van der Waals surface area contributed by atoms with Gasteiger partial charge in [0.15, 0.2) is 0 Å². The number of aliphatic hydroxyl groups is 1. The van der Waals surface area contributed by atoms with Crippen molar-refractivity contribution in [3.63, 3.8) is 0 Å². The maximum atomic E-state index is 11.7. The molecule has 0 aromatic carbocycles. The molecule has 1 fully saturated rings. The van der Waals surface area contributed by atoms with Gasteiger partial charge in [0.2, 0.25) is 0 Å².